The van der Waals surface area contributed by atoms with Crippen molar-refractivity contribution in [2.75, 3.05) is 5.32 Å². The molecule has 2 heterocycles. The van der Waals surface area contributed by atoms with E-state index in [9.17, 15) is 9.90 Å². The van der Waals surface area contributed by atoms with Crippen molar-refractivity contribution in [1.82, 2.24) is 0 Å². The first-order valence-corrected chi connectivity index (χ1v) is 12.6. The van der Waals surface area contributed by atoms with Gasteiger partial charge in [-0.25, -0.2) is 0 Å². The summed E-state index contributed by atoms with van der Waals surface area (Å²) in [6, 6.07) is 3.84. The smallest absolute Gasteiger partial charge is 0.460 e. The molecule has 0 aromatic heterocycles. The van der Waals surface area contributed by atoms with Gasteiger partial charge >= 0.3 is 13.1 Å². The third kappa shape index (κ3) is 3.53. The van der Waals surface area contributed by atoms with E-state index in [2.05, 4.69) is 5.32 Å². The average molecular weight is 492 g/mol. The highest BCUT2D eigenvalue weighted by Gasteiger charge is 2.69. The molecule has 2 aliphatic heterocycles. The van der Waals surface area contributed by atoms with Gasteiger partial charge in [-0.05, 0) is 92.2 Å². The third-order valence-corrected chi connectivity index (χ3v) is 9.01. The van der Waals surface area contributed by atoms with Crippen molar-refractivity contribution in [1.29, 1.82) is 0 Å². The summed E-state index contributed by atoms with van der Waals surface area (Å²) >= 11 is 6.86. The Balaban J connectivity index is 1.87. The molecule has 0 bridgehead atoms. The molecule has 2 N–H and O–H groups in total. The first kappa shape index (κ1) is 25.8. The predicted molar refractivity (Wildman–Crippen MR) is 136 cm³/mol. The molecule has 2 fully saturated rings. The fraction of sp³-hybridized carbons (Fsp3) is 0.731. The molecule has 1 aliphatic carbocycles. The highest BCUT2D eigenvalue weighted by molar-refractivity contribution is 6.62. The van der Waals surface area contributed by atoms with Gasteiger partial charge in [-0.3, -0.25) is 4.79 Å². The second-order valence-corrected chi connectivity index (χ2v) is 13.4. The van der Waals surface area contributed by atoms with Crippen molar-refractivity contribution in [3.63, 3.8) is 0 Å². The van der Waals surface area contributed by atoms with Gasteiger partial charge in [0.1, 0.15) is 5.60 Å². The standard InChI is InChI=1S/C26H39BClNO5/c1-21(2,3)32-20(30)16-11-12-26(31)22(4,5)29-19-17(25(16,26)10)13-15(14-18(19)28)27-33-23(6,7)24(8,9)34-27/h13-14,16,29,31H,11-12H2,1-10H3. The molecule has 0 spiro atoms. The Hall–Kier alpha value is -1.28. The lowest BCUT2D eigenvalue weighted by Gasteiger charge is -2.56. The van der Waals surface area contributed by atoms with E-state index in [0.717, 1.165) is 16.7 Å². The summed E-state index contributed by atoms with van der Waals surface area (Å²) in [5.41, 5.74) is -2.19. The molecule has 6 nitrogen and oxygen atoms in total. The van der Waals surface area contributed by atoms with Crippen molar-refractivity contribution in [2.24, 2.45) is 5.92 Å². The van der Waals surface area contributed by atoms with E-state index in [1.54, 1.807) is 0 Å². The summed E-state index contributed by atoms with van der Waals surface area (Å²) in [6.07, 6.45) is 0.982. The van der Waals surface area contributed by atoms with Gasteiger partial charge in [0, 0.05) is 5.41 Å². The minimum absolute atomic E-state index is 0.299. The highest BCUT2D eigenvalue weighted by atomic mass is 35.5. The molecule has 0 radical (unpaired) electrons. The predicted octanol–water partition coefficient (Wildman–Crippen LogP) is 4.58. The molecule has 0 amide bonds. The maximum absolute atomic E-state index is 13.4. The van der Waals surface area contributed by atoms with Crippen LogP contribution in [0.3, 0.4) is 0 Å². The summed E-state index contributed by atoms with van der Waals surface area (Å²) in [4.78, 5) is 13.4. The maximum atomic E-state index is 13.4. The van der Waals surface area contributed by atoms with Crippen LogP contribution in [-0.4, -0.2) is 46.1 Å². The van der Waals surface area contributed by atoms with Gasteiger partial charge < -0.3 is 24.5 Å². The van der Waals surface area contributed by atoms with E-state index in [4.69, 9.17) is 25.6 Å². The second-order valence-electron chi connectivity index (χ2n) is 13.0. The molecule has 8 heteroatoms. The lowest BCUT2D eigenvalue weighted by atomic mass is 9.56. The van der Waals surface area contributed by atoms with Crippen molar-refractivity contribution in [3.05, 3.63) is 22.7 Å². The quantitative estimate of drug-likeness (QED) is 0.466. The highest BCUT2D eigenvalue weighted by Crippen LogP contribution is 2.62. The van der Waals surface area contributed by atoms with Crippen molar-refractivity contribution in [3.8, 4) is 0 Å². The van der Waals surface area contributed by atoms with Gasteiger partial charge in [0.2, 0.25) is 0 Å². The molecule has 3 aliphatic rings. The Bertz CT molecular complexity index is 1020. The number of carbonyl (C=O) groups is 1. The zero-order chi connectivity index (χ0) is 25.7. The number of aliphatic hydroxyl groups is 1. The number of hydrogen-bond donors (Lipinski definition) is 2. The molecule has 188 valence electrons. The number of anilines is 1. The second kappa shape index (κ2) is 7.38. The van der Waals surface area contributed by atoms with E-state index in [1.807, 2.05) is 81.4 Å². The fourth-order valence-corrected chi connectivity index (χ4v) is 6.26. The summed E-state index contributed by atoms with van der Waals surface area (Å²) in [5.74, 6) is -0.826. The van der Waals surface area contributed by atoms with Crippen molar-refractivity contribution in [2.45, 2.75) is 115 Å². The number of halogens is 1. The maximum Gasteiger partial charge on any atom is 0.494 e. The van der Waals surface area contributed by atoms with Crippen LogP contribution in [0.25, 0.3) is 0 Å². The van der Waals surface area contributed by atoms with E-state index < -0.39 is 46.4 Å². The molecule has 1 aromatic carbocycles. The molecule has 3 atom stereocenters. The first-order valence-electron chi connectivity index (χ1n) is 12.2. The van der Waals surface area contributed by atoms with Crippen LogP contribution in [0.2, 0.25) is 5.02 Å². The normalized spacial score (nSPS) is 33.2. The van der Waals surface area contributed by atoms with Crippen LogP contribution in [0.1, 0.15) is 87.6 Å². The largest absolute Gasteiger partial charge is 0.494 e. The van der Waals surface area contributed by atoms with Gasteiger partial charge in [0.25, 0.3) is 0 Å². The Morgan fingerprint density at radius 1 is 1.12 bits per heavy atom. The number of rotatable bonds is 2. The zero-order valence-corrected chi connectivity index (χ0v) is 22.9. The molecule has 34 heavy (non-hydrogen) atoms. The molecular weight excluding hydrogens is 453 g/mol. The molecule has 1 aromatic rings. The van der Waals surface area contributed by atoms with Gasteiger partial charge in [-0.2, -0.15) is 0 Å². The van der Waals surface area contributed by atoms with E-state index >= 15 is 0 Å². The SMILES string of the molecule is CC(C)(C)OC(=O)C1CCC2(O)C(C)(C)Nc3c(Cl)cc(B4OC(C)(C)C(C)(C)O4)cc3C12C. The third-order valence-electron chi connectivity index (χ3n) is 8.71. The van der Waals surface area contributed by atoms with Crippen molar-refractivity contribution < 1.29 is 23.9 Å². The topological polar surface area (TPSA) is 77.0 Å². The number of nitrogens with one attached hydrogen (secondary N) is 1. The monoisotopic (exact) mass is 491 g/mol. The zero-order valence-electron chi connectivity index (χ0n) is 22.2. The lowest BCUT2D eigenvalue weighted by Crippen LogP contribution is -2.68. The average Bonchev–Trinajstić information content (AvgIpc) is 3.06. The molecule has 1 saturated heterocycles. The van der Waals surface area contributed by atoms with Crippen LogP contribution < -0.4 is 10.8 Å². The number of ether oxygens (including phenoxy) is 1. The Morgan fingerprint density at radius 3 is 2.21 bits per heavy atom. The van der Waals surface area contributed by atoms with Crippen LogP contribution >= 0.6 is 11.6 Å². The number of hydrogen-bond acceptors (Lipinski definition) is 6. The Kier molecular flexibility index (Phi) is 5.60. The van der Waals surface area contributed by atoms with Crippen LogP contribution in [0.5, 0.6) is 0 Å². The number of carbonyl (C=O) groups excluding carboxylic acids is 1. The number of esters is 1. The molecule has 4 rings (SSSR count). The molecular formula is C26H39BClNO5. The minimum Gasteiger partial charge on any atom is -0.460 e. The Labute approximate surface area is 209 Å². The first-order chi connectivity index (χ1) is 15.3. The van der Waals surface area contributed by atoms with Crippen LogP contribution in [-0.2, 0) is 24.3 Å². The number of benzene rings is 1. The van der Waals surface area contributed by atoms with E-state index in [0.29, 0.717) is 17.9 Å². The summed E-state index contributed by atoms with van der Waals surface area (Å²) in [5, 5.41) is 16.2. The van der Waals surface area contributed by atoms with Crippen LogP contribution in [0.15, 0.2) is 12.1 Å². The van der Waals surface area contributed by atoms with E-state index in [1.165, 1.54) is 0 Å². The van der Waals surface area contributed by atoms with Crippen LogP contribution in [0.4, 0.5) is 5.69 Å². The summed E-state index contributed by atoms with van der Waals surface area (Å²) < 4.78 is 18.4. The van der Waals surface area contributed by atoms with E-state index in [-0.39, 0.29) is 5.97 Å². The fourth-order valence-electron chi connectivity index (χ4n) is 5.98. The summed E-state index contributed by atoms with van der Waals surface area (Å²) in [7, 11) is -0.610. The van der Waals surface area contributed by atoms with Gasteiger partial charge in [0.15, 0.2) is 0 Å². The van der Waals surface area contributed by atoms with Gasteiger partial charge in [-0.1, -0.05) is 24.6 Å². The number of fused-ring (bicyclic) bond motifs is 3. The van der Waals surface area contributed by atoms with Gasteiger partial charge in [-0.15, -0.1) is 0 Å². The summed E-state index contributed by atoms with van der Waals surface area (Å²) in [6.45, 7) is 19.5. The molecule has 1 saturated carbocycles. The van der Waals surface area contributed by atoms with Gasteiger partial charge in [0.05, 0.1) is 39.0 Å². The van der Waals surface area contributed by atoms with Crippen molar-refractivity contribution >= 4 is 35.8 Å². The minimum atomic E-state index is -1.20. The molecule has 3 unspecified atom stereocenters. The lowest BCUT2D eigenvalue weighted by molar-refractivity contribution is -0.165. The van der Waals surface area contributed by atoms with Crippen LogP contribution in [0, 0.1) is 5.92 Å². The Morgan fingerprint density at radius 2 is 1.68 bits per heavy atom.